The van der Waals surface area contributed by atoms with Crippen molar-refractivity contribution in [3.63, 3.8) is 0 Å². The van der Waals surface area contributed by atoms with Crippen molar-refractivity contribution in [2.75, 3.05) is 0 Å². The molecule has 2 rings (SSSR count). The van der Waals surface area contributed by atoms with Crippen molar-refractivity contribution in [1.82, 2.24) is 4.83 Å². The zero-order valence-electron chi connectivity index (χ0n) is 14.8. The lowest BCUT2D eigenvalue weighted by Crippen LogP contribution is -2.21. The summed E-state index contributed by atoms with van der Waals surface area (Å²) >= 11 is 0. The van der Waals surface area contributed by atoms with Gasteiger partial charge in [-0.1, -0.05) is 50.2 Å². The molecular formula is C18H21N3O4S. The summed E-state index contributed by atoms with van der Waals surface area (Å²) in [6.45, 7) is 5.57. The number of benzene rings is 2. The first-order valence-electron chi connectivity index (χ1n) is 8.09. The summed E-state index contributed by atoms with van der Waals surface area (Å²) in [6.07, 6.45) is 0.584. The van der Waals surface area contributed by atoms with Crippen LogP contribution in [0.2, 0.25) is 0 Å². The van der Waals surface area contributed by atoms with Crippen LogP contribution in [0.4, 0.5) is 5.69 Å². The highest BCUT2D eigenvalue weighted by atomic mass is 32.2. The second kappa shape index (κ2) is 8.09. The van der Waals surface area contributed by atoms with Gasteiger partial charge < -0.3 is 0 Å². The number of aryl methyl sites for hydroxylation is 1. The van der Waals surface area contributed by atoms with Crippen LogP contribution in [0.3, 0.4) is 0 Å². The Morgan fingerprint density at radius 3 is 2.42 bits per heavy atom. The van der Waals surface area contributed by atoms with E-state index in [1.54, 1.807) is 6.92 Å². The lowest BCUT2D eigenvalue weighted by molar-refractivity contribution is -0.385. The molecule has 0 saturated heterocycles. The van der Waals surface area contributed by atoms with Crippen molar-refractivity contribution >= 4 is 21.4 Å². The Bertz CT molecular complexity index is 923. The first-order valence-corrected chi connectivity index (χ1v) is 9.58. The van der Waals surface area contributed by atoms with Crippen LogP contribution in [0, 0.1) is 23.0 Å². The Balaban J connectivity index is 2.36. The average Bonchev–Trinajstić information content (AvgIpc) is 2.59. The van der Waals surface area contributed by atoms with Gasteiger partial charge in [-0.15, -0.1) is 0 Å². The molecule has 0 heterocycles. The summed E-state index contributed by atoms with van der Waals surface area (Å²) in [4.78, 5) is 12.4. The van der Waals surface area contributed by atoms with Gasteiger partial charge in [0.2, 0.25) is 0 Å². The fraction of sp³-hybridized carbons (Fsp3) is 0.278. The quantitative estimate of drug-likeness (QED) is 0.453. The van der Waals surface area contributed by atoms with Gasteiger partial charge in [-0.25, -0.2) is 0 Å². The molecular weight excluding hydrogens is 354 g/mol. The highest BCUT2D eigenvalue weighted by Gasteiger charge is 2.20. The van der Waals surface area contributed by atoms with Crippen molar-refractivity contribution in [2.45, 2.75) is 32.1 Å². The SMILES string of the molecule is Cc1ccc(S(=O)(=O)N/N=C(\CC(C)C)c2ccccc2)cc1[N+](=O)[O-]. The second-order valence-corrected chi connectivity index (χ2v) is 7.98. The van der Waals surface area contributed by atoms with E-state index in [2.05, 4.69) is 9.93 Å². The van der Waals surface area contributed by atoms with E-state index in [4.69, 9.17) is 0 Å². The summed E-state index contributed by atoms with van der Waals surface area (Å²) < 4.78 is 25.0. The third-order valence-electron chi connectivity index (χ3n) is 3.70. The maximum absolute atomic E-state index is 12.5. The lowest BCUT2D eigenvalue weighted by atomic mass is 10.0. The molecule has 0 aliphatic rings. The Hall–Kier alpha value is -2.74. The van der Waals surface area contributed by atoms with E-state index in [0.717, 1.165) is 11.6 Å². The number of hydrogen-bond donors (Lipinski definition) is 1. The molecule has 0 bridgehead atoms. The van der Waals surface area contributed by atoms with Crippen LogP contribution in [0.15, 0.2) is 58.5 Å². The number of hydrogen-bond acceptors (Lipinski definition) is 5. The molecule has 0 saturated carbocycles. The first-order chi connectivity index (χ1) is 12.2. The highest BCUT2D eigenvalue weighted by molar-refractivity contribution is 7.89. The van der Waals surface area contributed by atoms with Crippen LogP contribution in [0.1, 0.15) is 31.4 Å². The van der Waals surface area contributed by atoms with Gasteiger partial charge in [-0.3, -0.25) is 10.1 Å². The smallest absolute Gasteiger partial charge is 0.258 e. The van der Waals surface area contributed by atoms with Gasteiger partial charge in [0.15, 0.2) is 0 Å². The average molecular weight is 375 g/mol. The Labute approximate surface area is 153 Å². The van der Waals surface area contributed by atoms with E-state index in [1.807, 2.05) is 44.2 Å². The zero-order chi connectivity index (χ0) is 19.3. The molecule has 0 aromatic heterocycles. The third-order valence-corrected chi connectivity index (χ3v) is 4.90. The Morgan fingerprint density at radius 1 is 1.19 bits per heavy atom. The van der Waals surface area contributed by atoms with Crippen LogP contribution in [-0.4, -0.2) is 19.1 Å². The number of nitro benzene ring substituents is 1. The van der Waals surface area contributed by atoms with Crippen molar-refractivity contribution in [2.24, 2.45) is 11.0 Å². The summed E-state index contributed by atoms with van der Waals surface area (Å²) in [5, 5.41) is 15.1. The topological polar surface area (TPSA) is 102 Å². The van der Waals surface area contributed by atoms with Gasteiger partial charge in [0, 0.05) is 11.6 Å². The number of hydrazone groups is 1. The molecule has 0 aliphatic carbocycles. The van der Waals surface area contributed by atoms with E-state index in [1.165, 1.54) is 12.1 Å². The minimum atomic E-state index is -4.01. The van der Waals surface area contributed by atoms with Gasteiger partial charge >= 0.3 is 0 Å². The number of sulfonamides is 1. The molecule has 0 fully saturated rings. The number of rotatable bonds is 7. The maximum Gasteiger partial charge on any atom is 0.276 e. The number of nitrogens with zero attached hydrogens (tertiary/aromatic N) is 2. The molecule has 1 N–H and O–H groups in total. The molecule has 0 unspecified atom stereocenters. The molecule has 0 radical (unpaired) electrons. The van der Waals surface area contributed by atoms with Crippen LogP contribution >= 0.6 is 0 Å². The van der Waals surface area contributed by atoms with E-state index >= 15 is 0 Å². The Morgan fingerprint density at radius 2 is 1.85 bits per heavy atom. The molecule has 7 nitrogen and oxygen atoms in total. The standard InChI is InChI=1S/C18H21N3O4S/c1-13(2)11-17(15-7-5-4-6-8-15)19-20-26(24,25)16-10-9-14(3)18(12-16)21(22)23/h4-10,12-13,20H,11H2,1-3H3/b19-17+. The van der Waals surface area contributed by atoms with Crippen molar-refractivity contribution in [3.05, 3.63) is 69.8 Å². The predicted molar refractivity (Wildman–Crippen MR) is 101 cm³/mol. The highest BCUT2D eigenvalue weighted by Crippen LogP contribution is 2.22. The molecule has 2 aromatic carbocycles. The van der Waals surface area contributed by atoms with E-state index in [-0.39, 0.29) is 16.5 Å². The minimum absolute atomic E-state index is 0.199. The number of nitro groups is 1. The summed E-state index contributed by atoms with van der Waals surface area (Å²) in [5.41, 5.74) is 1.56. The summed E-state index contributed by atoms with van der Waals surface area (Å²) in [5.74, 6) is 0.277. The molecule has 0 atom stereocenters. The van der Waals surface area contributed by atoms with Gasteiger partial charge in [0.05, 0.1) is 15.5 Å². The van der Waals surface area contributed by atoms with Crippen LogP contribution in [0.5, 0.6) is 0 Å². The van der Waals surface area contributed by atoms with E-state index in [0.29, 0.717) is 17.7 Å². The fourth-order valence-electron chi connectivity index (χ4n) is 2.37. The van der Waals surface area contributed by atoms with Crippen LogP contribution < -0.4 is 4.83 Å². The normalized spacial score (nSPS) is 12.2. The molecule has 0 amide bonds. The van der Waals surface area contributed by atoms with Crippen molar-refractivity contribution in [3.8, 4) is 0 Å². The van der Waals surface area contributed by atoms with Crippen molar-refractivity contribution < 1.29 is 13.3 Å². The van der Waals surface area contributed by atoms with Crippen molar-refractivity contribution in [1.29, 1.82) is 0 Å². The second-order valence-electron chi connectivity index (χ2n) is 6.32. The predicted octanol–water partition coefficient (Wildman–Crippen LogP) is 3.63. The third kappa shape index (κ3) is 4.89. The first kappa shape index (κ1) is 19.6. The van der Waals surface area contributed by atoms with Crippen LogP contribution in [0.25, 0.3) is 0 Å². The molecule has 2 aromatic rings. The molecule has 0 aliphatic heterocycles. The van der Waals surface area contributed by atoms with Gasteiger partial charge in [-0.05, 0) is 30.9 Å². The lowest BCUT2D eigenvalue weighted by Gasteiger charge is -2.11. The molecule has 0 spiro atoms. The zero-order valence-corrected chi connectivity index (χ0v) is 15.7. The minimum Gasteiger partial charge on any atom is -0.258 e. The summed E-state index contributed by atoms with van der Waals surface area (Å²) in [6, 6.07) is 13.0. The van der Waals surface area contributed by atoms with Gasteiger partial charge in [0.1, 0.15) is 0 Å². The van der Waals surface area contributed by atoms with Gasteiger partial charge in [-0.2, -0.15) is 18.4 Å². The molecule has 138 valence electrons. The van der Waals surface area contributed by atoms with Gasteiger partial charge in [0.25, 0.3) is 15.7 Å². The summed E-state index contributed by atoms with van der Waals surface area (Å²) in [7, 11) is -4.01. The molecule has 8 heteroatoms. The largest absolute Gasteiger partial charge is 0.276 e. The van der Waals surface area contributed by atoms with E-state index in [9.17, 15) is 18.5 Å². The van der Waals surface area contributed by atoms with Crippen LogP contribution in [-0.2, 0) is 10.0 Å². The number of nitrogens with one attached hydrogen (secondary N) is 1. The molecule has 26 heavy (non-hydrogen) atoms. The Kier molecular flexibility index (Phi) is 6.10. The fourth-order valence-corrected chi connectivity index (χ4v) is 3.22. The monoisotopic (exact) mass is 375 g/mol. The maximum atomic E-state index is 12.5. The van der Waals surface area contributed by atoms with E-state index < -0.39 is 14.9 Å².